The first-order valence-electron chi connectivity index (χ1n) is 5.16. The lowest BCUT2D eigenvalue weighted by molar-refractivity contribution is 0.294. The number of aromatic amines is 1. The maximum Gasteiger partial charge on any atom is 0.257 e. The number of nitrogens with one attached hydrogen (secondary N) is 1. The molecule has 0 atom stereocenters. The van der Waals surface area contributed by atoms with E-state index in [1.165, 1.54) is 0 Å². The van der Waals surface area contributed by atoms with Gasteiger partial charge in [-0.05, 0) is 20.0 Å². The Morgan fingerprint density at radius 1 is 1.40 bits per heavy atom. The Balaban J connectivity index is 2.99. The summed E-state index contributed by atoms with van der Waals surface area (Å²) in [5, 5.41) is 0. The summed E-state index contributed by atoms with van der Waals surface area (Å²) in [7, 11) is 0. The molecule has 1 rings (SSSR count). The number of aryl methyl sites for hydroxylation is 1. The van der Waals surface area contributed by atoms with Gasteiger partial charge >= 0.3 is 0 Å². The van der Waals surface area contributed by atoms with Gasteiger partial charge in [-0.1, -0.05) is 13.8 Å². The molecule has 0 aromatic carbocycles. The number of anilines is 1. The number of aromatic nitrogens is 2. The van der Waals surface area contributed by atoms with E-state index in [-0.39, 0.29) is 5.56 Å². The summed E-state index contributed by atoms with van der Waals surface area (Å²) in [5.41, 5.74) is 6.15. The Morgan fingerprint density at radius 3 is 2.47 bits per heavy atom. The zero-order chi connectivity index (χ0) is 11.4. The highest BCUT2D eigenvalue weighted by Crippen LogP contribution is 2.05. The van der Waals surface area contributed by atoms with Gasteiger partial charge in [0.25, 0.3) is 5.56 Å². The van der Waals surface area contributed by atoms with Crippen LogP contribution in [0.5, 0.6) is 0 Å². The molecule has 0 radical (unpaired) electrons. The monoisotopic (exact) mass is 210 g/mol. The van der Waals surface area contributed by atoms with Gasteiger partial charge in [-0.15, -0.1) is 0 Å². The van der Waals surface area contributed by atoms with Crippen LogP contribution in [0.1, 0.15) is 25.2 Å². The van der Waals surface area contributed by atoms with Gasteiger partial charge in [0.05, 0.1) is 5.56 Å². The topological polar surface area (TPSA) is 75.0 Å². The number of rotatable bonds is 4. The van der Waals surface area contributed by atoms with Gasteiger partial charge in [-0.2, -0.15) is 0 Å². The molecular formula is C10H18N4O. The van der Waals surface area contributed by atoms with Crippen molar-refractivity contribution in [2.75, 3.05) is 18.8 Å². The van der Waals surface area contributed by atoms with E-state index in [4.69, 9.17) is 5.73 Å². The highest BCUT2D eigenvalue weighted by molar-refractivity contribution is 5.37. The van der Waals surface area contributed by atoms with Crippen LogP contribution in [0.25, 0.3) is 0 Å². The van der Waals surface area contributed by atoms with E-state index >= 15 is 0 Å². The van der Waals surface area contributed by atoms with Crippen LogP contribution in [-0.4, -0.2) is 28.0 Å². The molecule has 5 nitrogen and oxygen atoms in total. The summed E-state index contributed by atoms with van der Waals surface area (Å²) in [6, 6.07) is 0. The van der Waals surface area contributed by atoms with E-state index in [0.717, 1.165) is 13.1 Å². The second kappa shape index (κ2) is 4.93. The molecule has 0 spiro atoms. The largest absolute Gasteiger partial charge is 0.383 e. The molecule has 3 N–H and O–H groups in total. The average Bonchev–Trinajstić information content (AvgIpc) is 2.17. The van der Waals surface area contributed by atoms with Crippen molar-refractivity contribution >= 4 is 5.82 Å². The number of nitrogens with two attached hydrogens (primary N) is 1. The van der Waals surface area contributed by atoms with Gasteiger partial charge in [0, 0.05) is 6.54 Å². The van der Waals surface area contributed by atoms with Crippen molar-refractivity contribution < 1.29 is 0 Å². The molecule has 0 fully saturated rings. The van der Waals surface area contributed by atoms with Crippen LogP contribution >= 0.6 is 0 Å². The summed E-state index contributed by atoms with van der Waals surface area (Å²) >= 11 is 0. The van der Waals surface area contributed by atoms with Crippen LogP contribution in [0.3, 0.4) is 0 Å². The third-order valence-electron chi connectivity index (χ3n) is 2.44. The van der Waals surface area contributed by atoms with Crippen molar-refractivity contribution in [3.05, 3.63) is 21.7 Å². The number of H-pyrrole nitrogens is 1. The molecule has 1 aromatic heterocycles. The van der Waals surface area contributed by atoms with Gasteiger partial charge in [-0.25, -0.2) is 4.98 Å². The minimum absolute atomic E-state index is 0.132. The maximum absolute atomic E-state index is 11.6. The lowest BCUT2D eigenvalue weighted by atomic mass is 10.2. The van der Waals surface area contributed by atoms with Gasteiger partial charge in [0.15, 0.2) is 0 Å². The average molecular weight is 210 g/mol. The lowest BCUT2D eigenvalue weighted by Crippen LogP contribution is -2.28. The molecular weight excluding hydrogens is 192 g/mol. The van der Waals surface area contributed by atoms with Crippen molar-refractivity contribution in [2.45, 2.75) is 27.3 Å². The first-order chi connectivity index (χ1) is 7.08. The highest BCUT2D eigenvalue weighted by atomic mass is 16.1. The van der Waals surface area contributed by atoms with Crippen LogP contribution in [-0.2, 0) is 6.54 Å². The molecule has 0 aliphatic rings. The Kier molecular flexibility index (Phi) is 3.85. The fourth-order valence-electron chi connectivity index (χ4n) is 1.46. The third kappa shape index (κ3) is 2.79. The molecule has 0 unspecified atom stereocenters. The standard InChI is InChI=1S/C10H18N4O/c1-4-14(5-2)6-8-9(11)12-7(3)13-10(8)15/h4-6H2,1-3H3,(H3,11,12,13,15). The number of nitrogen functional groups attached to an aromatic ring is 1. The van der Waals surface area contributed by atoms with E-state index < -0.39 is 0 Å². The van der Waals surface area contributed by atoms with Crippen LogP contribution in [0.15, 0.2) is 4.79 Å². The van der Waals surface area contributed by atoms with E-state index in [1.54, 1.807) is 6.92 Å². The van der Waals surface area contributed by atoms with Crippen molar-refractivity contribution in [3.63, 3.8) is 0 Å². The number of hydrogen-bond acceptors (Lipinski definition) is 4. The predicted octanol–water partition coefficient (Wildman–Crippen LogP) is 0.502. The molecule has 0 saturated heterocycles. The van der Waals surface area contributed by atoms with Gasteiger partial charge in [0.2, 0.25) is 0 Å². The molecule has 1 aromatic rings. The first-order valence-corrected chi connectivity index (χ1v) is 5.16. The van der Waals surface area contributed by atoms with Gasteiger partial charge < -0.3 is 10.7 Å². The van der Waals surface area contributed by atoms with Gasteiger partial charge in [0.1, 0.15) is 11.6 Å². The number of hydrogen-bond donors (Lipinski definition) is 2. The quantitative estimate of drug-likeness (QED) is 0.759. The van der Waals surface area contributed by atoms with Crippen LogP contribution in [0, 0.1) is 6.92 Å². The lowest BCUT2D eigenvalue weighted by Gasteiger charge is -2.17. The first kappa shape index (κ1) is 11.7. The predicted molar refractivity (Wildman–Crippen MR) is 60.6 cm³/mol. The van der Waals surface area contributed by atoms with E-state index in [1.807, 2.05) is 0 Å². The molecule has 1 heterocycles. The summed E-state index contributed by atoms with van der Waals surface area (Å²) in [6.45, 7) is 8.16. The van der Waals surface area contributed by atoms with Crippen molar-refractivity contribution in [1.82, 2.24) is 14.9 Å². The summed E-state index contributed by atoms with van der Waals surface area (Å²) in [4.78, 5) is 20.5. The fraction of sp³-hybridized carbons (Fsp3) is 0.600. The number of nitrogens with zero attached hydrogens (tertiary/aromatic N) is 2. The third-order valence-corrected chi connectivity index (χ3v) is 2.44. The van der Waals surface area contributed by atoms with Crippen LogP contribution < -0.4 is 11.3 Å². The van der Waals surface area contributed by atoms with Crippen LogP contribution in [0.4, 0.5) is 5.82 Å². The normalized spacial score (nSPS) is 10.9. The molecule has 84 valence electrons. The van der Waals surface area contributed by atoms with E-state index in [0.29, 0.717) is 23.8 Å². The second-order valence-corrected chi connectivity index (χ2v) is 3.48. The SMILES string of the molecule is CCN(CC)Cc1c(N)nc(C)[nH]c1=O. The smallest absolute Gasteiger partial charge is 0.257 e. The van der Waals surface area contributed by atoms with E-state index in [9.17, 15) is 4.79 Å². The summed E-state index contributed by atoms with van der Waals surface area (Å²) in [5.74, 6) is 0.893. The second-order valence-electron chi connectivity index (χ2n) is 3.48. The molecule has 0 aliphatic heterocycles. The summed E-state index contributed by atoms with van der Waals surface area (Å²) in [6.07, 6.45) is 0. The minimum atomic E-state index is -0.132. The van der Waals surface area contributed by atoms with Crippen LogP contribution in [0.2, 0.25) is 0 Å². The zero-order valence-electron chi connectivity index (χ0n) is 9.50. The minimum Gasteiger partial charge on any atom is -0.383 e. The zero-order valence-corrected chi connectivity index (χ0v) is 9.50. The van der Waals surface area contributed by atoms with E-state index in [2.05, 4.69) is 28.7 Å². The Hall–Kier alpha value is -1.36. The summed E-state index contributed by atoms with van der Waals surface area (Å²) < 4.78 is 0. The molecule has 15 heavy (non-hydrogen) atoms. The highest BCUT2D eigenvalue weighted by Gasteiger charge is 2.10. The Bertz CT molecular complexity index is 381. The van der Waals surface area contributed by atoms with Crippen molar-refractivity contribution in [2.24, 2.45) is 0 Å². The molecule has 5 heteroatoms. The molecule has 0 bridgehead atoms. The Labute approximate surface area is 89.3 Å². The molecule has 0 saturated carbocycles. The molecule has 0 amide bonds. The van der Waals surface area contributed by atoms with Crippen molar-refractivity contribution in [3.8, 4) is 0 Å². The maximum atomic E-state index is 11.6. The molecule has 0 aliphatic carbocycles. The Morgan fingerprint density at radius 2 is 2.00 bits per heavy atom. The fourth-order valence-corrected chi connectivity index (χ4v) is 1.46. The van der Waals surface area contributed by atoms with Crippen molar-refractivity contribution in [1.29, 1.82) is 0 Å². The van der Waals surface area contributed by atoms with Gasteiger partial charge in [-0.3, -0.25) is 9.69 Å².